The van der Waals surface area contributed by atoms with Gasteiger partial charge in [0, 0.05) is 22.9 Å². The highest BCUT2D eigenvalue weighted by molar-refractivity contribution is 7.09. The minimum Gasteiger partial charge on any atom is -0.299 e. The minimum atomic E-state index is -0.232. The summed E-state index contributed by atoms with van der Waals surface area (Å²) in [6, 6.07) is 0. The summed E-state index contributed by atoms with van der Waals surface area (Å²) in [7, 11) is 0. The SMILES string of the molecule is CC(C)(C)C(=O)Cc1cncs1. The lowest BCUT2D eigenvalue weighted by Crippen LogP contribution is -2.21. The molecule has 0 aliphatic carbocycles. The van der Waals surface area contributed by atoms with Gasteiger partial charge < -0.3 is 0 Å². The Morgan fingerprint density at radius 2 is 2.25 bits per heavy atom. The lowest BCUT2D eigenvalue weighted by Gasteiger charge is -2.15. The van der Waals surface area contributed by atoms with E-state index in [4.69, 9.17) is 0 Å². The Balaban J connectivity index is 2.60. The van der Waals surface area contributed by atoms with E-state index in [1.165, 1.54) is 11.3 Å². The predicted octanol–water partition coefficient (Wildman–Crippen LogP) is 2.30. The smallest absolute Gasteiger partial charge is 0.143 e. The van der Waals surface area contributed by atoms with E-state index in [-0.39, 0.29) is 11.2 Å². The maximum Gasteiger partial charge on any atom is 0.143 e. The molecule has 0 unspecified atom stereocenters. The van der Waals surface area contributed by atoms with Crippen LogP contribution in [0.25, 0.3) is 0 Å². The molecule has 2 nitrogen and oxygen atoms in total. The molecular formula is C9H13NOS. The van der Waals surface area contributed by atoms with Crippen LogP contribution in [-0.4, -0.2) is 10.8 Å². The van der Waals surface area contributed by atoms with Crippen LogP contribution in [0.2, 0.25) is 0 Å². The lowest BCUT2D eigenvalue weighted by atomic mass is 9.89. The Kier molecular flexibility index (Phi) is 2.62. The van der Waals surface area contributed by atoms with Gasteiger partial charge in [-0.15, -0.1) is 11.3 Å². The second kappa shape index (κ2) is 3.35. The van der Waals surface area contributed by atoms with Crippen LogP contribution >= 0.6 is 11.3 Å². The number of rotatable bonds is 2. The Bertz CT molecular complexity index is 259. The molecular weight excluding hydrogens is 170 g/mol. The number of Topliss-reactive ketones (excluding diaryl/α,β-unsaturated/α-hetero) is 1. The summed E-state index contributed by atoms with van der Waals surface area (Å²) in [6.45, 7) is 5.82. The first-order valence-electron chi connectivity index (χ1n) is 3.91. The number of thiazole rings is 1. The number of hydrogen-bond acceptors (Lipinski definition) is 3. The topological polar surface area (TPSA) is 30.0 Å². The zero-order valence-corrected chi connectivity index (χ0v) is 8.44. The molecule has 0 atom stereocenters. The molecule has 1 heterocycles. The Morgan fingerprint density at radius 1 is 1.58 bits per heavy atom. The van der Waals surface area contributed by atoms with Crippen LogP contribution in [-0.2, 0) is 11.2 Å². The standard InChI is InChI=1S/C9H13NOS/c1-9(2,3)8(11)4-7-5-10-6-12-7/h5-6H,4H2,1-3H3. The quantitative estimate of drug-likeness (QED) is 0.704. The van der Waals surface area contributed by atoms with Gasteiger partial charge in [-0.1, -0.05) is 20.8 Å². The summed E-state index contributed by atoms with van der Waals surface area (Å²) in [6.07, 6.45) is 2.28. The van der Waals surface area contributed by atoms with Gasteiger partial charge >= 0.3 is 0 Å². The average molecular weight is 183 g/mol. The van der Waals surface area contributed by atoms with Crippen molar-refractivity contribution in [2.75, 3.05) is 0 Å². The van der Waals surface area contributed by atoms with Crippen molar-refractivity contribution < 1.29 is 4.79 Å². The second-order valence-corrected chi connectivity index (χ2v) is 4.79. The zero-order valence-electron chi connectivity index (χ0n) is 7.63. The largest absolute Gasteiger partial charge is 0.299 e. The van der Waals surface area contributed by atoms with E-state index in [0.717, 1.165) is 4.88 Å². The van der Waals surface area contributed by atoms with E-state index >= 15 is 0 Å². The van der Waals surface area contributed by atoms with Gasteiger partial charge in [-0.3, -0.25) is 9.78 Å². The third kappa shape index (κ3) is 2.41. The zero-order chi connectivity index (χ0) is 9.19. The van der Waals surface area contributed by atoms with E-state index in [1.807, 2.05) is 20.8 Å². The van der Waals surface area contributed by atoms with Crippen molar-refractivity contribution in [1.29, 1.82) is 0 Å². The van der Waals surface area contributed by atoms with Crippen molar-refractivity contribution in [3.8, 4) is 0 Å². The lowest BCUT2D eigenvalue weighted by molar-refractivity contribution is -0.125. The molecule has 0 radical (unpaired) electrons. The molecule has 1 aromatic heterocycles. The predicted molar refractivity (Wildman–Crippen MR) is 50.3 cm³/mol. The van der Waals surface area contributed by atoms with Crippen molar-refractivity contribution in [1.82, 2.24) is 4.98 Å². The van der Waals surface area contributed by atoms with Gasteiger partial charge in [0.2, 0.25) is 0 Å². The van der Waals surface area contributed by atoms with Crippen LogP contribution in [0.1, 0.15) is 25.6 Å². The van der Waals surface area contributed by atoms with E-state index in [2.05, 4.69) is 4.98 Å². The van der Waals surface area contributed by atoms with Crippen LogP contribution < -0.4 is 0 Å². The highest BCUT2D eigenvalue weighted by atomic mass is 32.1. The molecule has 12 heavy (non-hydrogen) atoms. The minimum absolute atomic E-state index is 0.232. The van der Waals surface area contributed by atoms with Crippen LogP contribution in [0.4, 0.5) is 0 Å². The fraction of sp³-hybridized carbons (Fsp3) is 0.556. The van der Waals surface area contributed by atoms with Crippen molar-refractivity contribution >= 4 is 17.1 Å². The molecule has 0 saturated carbocycles. The van der Waals surface area contributed by atoms with Crippen LogP contribution in [0.5, 0.6) is 0 Å². The number of aromatic nitrogens is 1. The van der Waals surface area contributed by atoms with E-state index in [9.17, 15) is 4.79 Å². The van der Waals surface area contributed by atoms with Gasteiger partial charge in [0.1, 0.15) is 5.78 Å². The highest BCUT2D eigenvalue weighted by Crippen LogP contribution is 2.18. The highest BCUT2D eigenvalue weighted by Gasteiger charge is 2.21. The van der Waals surface area contributed by atoms with Gasteiger partial charge in [-0.2, -0.15) is 0 Å². The summed E-state index contributed by atoms with van der Waals surface area (Å²) < 4.78 is 0. The normalized spacial score (nSPS) is 11.6. The Hall–Kier alpha value is -0.700. The summed E-state index contributed by atoms with van der Waals surface area (Å²) in [5, 5.41) is 0. The molecule has 0 saturated heterocycles. The van der Waals surface area contributed by atoms with Gasteiger partial charge in [0.25, 0.3) is 0 Å². The molecule has 0 amide bonds. The van der Waals surface area contributed by atoms with Crippen molar-refractivity contribution in [3.05, 3.63) is 16.6 Å². The summed E-state index contributed by atoms with van der Waals surface area (Å²) in [5.41, 5.74) is 1.52. The van der Waals surface area contributed by atoms with E-state index in [0.29, 0.717) is 6.42 Å². The van der Waals surface area contributed by atoms with Crippen molar-refractivity contribution in [2.24, 2.45) is 5.41 Å². The fourth-order valence-electron chi connectivity index (χ4n) is 0.753. The molecule has 0 aromatic carbocycles. The molecule has 1 rings (SSSR count). The maximum atomic E-state index is 11.5. The monoisotopic (exact) mass is 183 g/mol. The average Bonchev–Trinajstić information content (AvgIpc) is 2.37. The van der Waals surface area contributed by atoms with Crippen LogP contribution in [0, 0.1) is 5.41 Å². The van der Waals surface area contributed by atoms with E-state index < -0.39 is 0 Å². The first kappa shape index (κ1) is 9.39. The maximum absolute atomic E-state index is 11.5. The number of nitrogens with zero attached hydrogens (tertiary/aromatic N) is 1. The van der Waals surface area contributed by atoms with Gasteiger partial charge in [-0.05, 0) is 0 Å². The fourth-order valence-corrected chi connectivity index (χ4v) is 1.35. The molecule has 1 aromatic rings. The van der Waals surface area contributed by atoms with Crippen molar-refractivity contribution in [2.45, 2.75) is 27.2 Å². The summed E-state index contributed by atoms with van der Waals surface area (Å²) in [5.74, 6) is 0.270. The summed E-state index contributed by atoms with van der Waals surface area (Å²) in [4.78, 5) is 16.5. The van der Waals surface area contributed by atoms with E-state index in [1.54, 1.807) is 11.7 Å². The van der Waals surface area contributed by atoms with Crippen molar-refractivity contribution in [3.63, 3.8) is 0 Å². The van der Waals surface area contributed by atoms with Gasteiger partial charge in [0.15, 0.2) is 0 Å². The molecule has 3 heteroatoms. The molecule has 0 bridgehead atoms. The molecule has 0 N–H and O–H groups in total. The molecule has 0 fully saturated rings. The Morgan fingerprint density at radius 3 is 2.67 bits per heavy atom. The van der Waals surface area contributed by atoms with Crippen LogP contribution in [0.3, 0.4) is 0 Å². The number of carbonyl (C=O) groups is 1. The molecule has 0 aliphatic heterocycles. The first-order valence-corrected chi connectivity index (χ1v) is 4.79. The molecule has 66 valence electrons. The number of carbonyl (C=O) groups excluding carboxylic acids is 1. The summed E-state index contributed by atoms with van der Waals surface area (Å²) >= 11 is 1.54. The molecule has 0 aliphatic rings. The van der Waals surface area contributed by atoms with Crippen LogP contribution in [0.15, 0.2) is 11.7 Å². The Labute approximate surface area is 76.6 Å². The third-order valence-electron chi connectivity index (χ3n) is 1.65. The van der Waals surface area contributed by atoms with Gasteiger partial charge in [0.05, 0.1) is 5.51 Å². The number of ketones is 1. The number of hydrogen-bond donors (Lipinski definition) is 0. The first-order chi connectivity index (χ1) is 5.50. The molecule has 0 spiro atoms. The van der Waals surface area contributed by atoms with Gasteiger partial charge in [-0.25, -0.2) is 0 Å². The second-order valence-electron chi connectivity index (χ2n) is 3.82. The third-order valence-corrected chi connectivity index (χ3v) is 2.43.